The highest BCUT2D eigenvalue weighted by Crippen LogP contribution is 2.34. The number of nitrogens with one attached hydrogen (secondary N) is 2. The van der Waals surface area contributed by atoms with Crippen LogP contribution in [0, 0.1) is 5.82 Å². The zero-order chi connectivity index (χ0) is 21.0. The number of benzene rings is 2. The third-order valence-electron chi connectivity index (χ3n) is 4.27. The Morgan fingerprint density at radius 1 is 1.21 bits per heavy atom. The number of anilines is 1. The van der Waals surface area contributed by atoms with Crippen LogP contribution in [0.2, 0.25) is 5.02 Å². The molecule has 0 saturated heterocycles. The van der Waals surface area contributed by atoms with Crippen LogP contribution in [0.3, 0.4) is 0 Å². The van der Waals surface area contributed by atoms with Gasteiger partial charge in [0.2, 0.25) is 0 Å². The predicted molar refractivity (Wildman–Crippen MR) is 115 cm³/mol. The van der Waals surface area contributed by atoms with E-state index in [0.29, 0.717) is 37.7 Å². The van der Waals surface area contributed by atoms with Crippen LogP contribution in [0.15, 0.2) is 36.4 Å². The zero-order valence-corrected chi connectivity index (χ0v) is 17.5. The van der Waals surface area contributed by atoms with E-state index in [-0.39, 0.29) is 18.2 Å². The second kappa shape index (κ2) is 9.35. The Balaban J connectivity index is 1.99. The Hall–Kier alpha value is -2.48. The van der Waals surface area contributed by atoms with E-state index >= 15 is 0 Å². The van der Waals surface area contributed by atoms with Gasteiger partial charge in [-0.05, 0) is 36.8 Å². The number of hydrogen-bond acceptors (Lipinski definition) is 4. The Labute approximate surface area is 176 Å². The molecule has 0 aliphatic heterocycles. The largest absolute Gasteiger partial charge is 0.380 e. The molecule has 3 aromatic rings. The molecule has 152 valence electrons. The molecule has 8 heteroatoms. The molecule has 2 aromatic carbocycles. The lowest BCUT2D eigenvalue weighted by Gasteiger charge is -2.12. The summed E-state index contributed by atoms with van der Waals surface area (Å²) in [5, 5.41) is 6.29. The maximum absolute atomic E-state index is 14.4. The zero-order valence-electron chi connectivity index (χ0n) is 16.0. The van der Waals surface area contributed by atoms with Gasteiger partial charge in [-0.1, -0.05) is 24.6 Å². The van der Waals surface area contributed by atoms with Gasteiger partial charge in [-0.2, -0.15) is 0 Å². The molecule has 0 bridgehead atoms. The number of hydrogen-bond donors (Lipinski definition) is 2. The summed E-state index contributed by atoms with van der Waals surface area (Å²) in [6, 6.07) is 9.36. The number of methoxy groups -OCH3 is 1. The SMILES string of the molecule is CCCNC(=O)c1ccc(Cl)cc1NC(=O)c1sc2cccc(F)c2c1COC. The van der Waals surface area contributed by atoms with Gasteiger partial charge in [-0.25, -0.2) is 4.39 Å². The first-order valence-corrected chi connectivity index (χ1v) is 10.2. The summed E-state index contributed by atoms with van der Waals surface area (Å²) in [5.41, 5.74) is 1.07. The molecule has 0 fully saturated rings. The second-order valence-corrected chi connectivity index (χ2v) is 7.84. The average Bonchev–Trinajstić information content (AvgIpc) is 3.06. The van der Waals surface area contributed by atoms with Crippen molar-refractivity contribution in [3.8, 4) is 0 Å². The smallest absolute Gasteiger partial charge is 0.266 e. The Bertz CT molecular complexity index is 1070. The van der Waals surface area contributed by atoms with E-state index in [4.69, 9.17) is 16.3 Å². The van der Waals surface area contributed by atoms with E-state index in [2.05, 4.69) is 10.6 Å². The van der Waals surface area contributed by atoms with E-state index < -0.39 is 11.7 Å². The monoisotopic (exact) mass is 434 g/mol. The summed E-state index contributed by atoms with van der Waals surface area (Å²) >= 11 is 7.24. The topological polar surface area (TPSA) is 67.4 Å². The van der Waals surface area contributed by atoms with Crippen molar-refractivity contribution in [3.63, 3.8) is 0 Å². The number of rotatable bonds is 7. The van der Waals surface area contributed by atoms with Crippen molar-refractivity contribution in [1.29, 1.82) is 0 Å². The van der Waals surface area contributed by atoms with Gasteiger partial charge in [0.25, 0.3) is 11.8 Å². The van der Waals surface area contributed by atoms with Crippen LogP contribution in [0.25, 0.3) is 10.1 Å². The van der Waals surface area contributed by atoms with E-state index in [1.807, 2.05) is 6.92 Å². The minimum Gasteiger partial charge on any atom is -0.380 e. The summed E-state index contributed by atoms with van der Waals surface area (Å²) in [6.45, 7) is 2.55. The van der Waals surface area contributed by atoms with Gasteiger partial charge in [0.05, 0.1) is 22.7 Å². The van der Waals surface area contributed by atoms with Gasteiger partial charge < -0.3 is 15.4 Å². The van der Waals surface area contributed by atoms with Crippen LogP contribution >= 0.6 is 22.9 Å². The molecule has 0 aliphatic rings. The van der Waals surface area contributed by atoms with Crippen molar-refractivity contribution in [2.45, 2.75) is 20.0 Å². The molecule has 0 saturated carbocycles. The summed E-state index contributed by atoms with van der Waals surface area (Å²) in [4.78, 5) is 25.8. The maximum atomic E-state index is 14.4. The minimum absolute atomic E-state index is 0.0864. The molecule has 0 spiro atoms. The normalized spacial score (nSPS) is 10.9. The molecule has 2 N–H and O–H groups in total. The number of amides is 2. The van der Waals surface area contributed by atoms with Crippen LogP contribution in [0.1, 0.15) is 38.9 Å². The maximum Gasteiger partial charge on any atom is 0.266 e. The van der Waals surface area contributed by atoms with E-state index in [9.17, 15) is 14.0 Å². The van der Waals surface area contributed by atoms with Gasteiger partial charge in [0, 0.05) is 34.3 Å². The van der Waals surface area contributed by atoms with Gasteiger partial charge >= 0.3 is 0 Å². The van der Waals surface area contributed by atoms with Crippen molar-refractivity contribution in [2.75, 3.05) is 19.0 Å². The van der Waals surface area contributed by atoms with Crippen molar-refractivity contribution >= 4 is 50.5 Å². The fourth-order valence-electron chi connectivity index (χ4n) is 2.96. The second-order valence-electron chi connectivity index (χ2n) is 6.36. The molecule has 5 nitrogen and oxygen atoms in total. The Morgan fingerprint density at radius 2 is 2.00 bits per heavy atom. The van der Waals surface area contributed by atoms with Crippen molar-refractivity contribution in [2.24, 2.45) is 0 Å². The highest BCUT2D eigenvalue weighted by Gasteiger charge is 2.22. The lowest BCUT2D eigenvalue weighted by molar-refractivity contribution is 0.0954. The number of ether oxygens (including phenoxy) is 1. The first-order chi connectivity index (χ1) is 14.0. The van der Waals surface area contributed by atoms with Crippen LogP contribution in [-0.4, -0.2) is 25.5 Å². The first kappa shape index (κ1) is 21.2. The number of fused-ring (bicyclic) bond motifs is 1. The fraction of sp³-hybridized carbons (Fsp3) is 0.238. The lowest BCUT2D eigenvalue weighted by atomic mass is 10.1. The van der Waals surface area contributed by atoms with Crippen LogP contribution in [-0.2, 0) is 11.3 Å². The summed E-state index contributed by atoms with van der Waals surface area (Å²) in [7, 11) is 1.49. The third kappa shape index (κ3) is 4.58. The van der Waals surface area contributed by atoms with Crippen molar-refractivity contribution in [3.05, 3.63) is 63.2 Å². The molecular formula is C21H20ClFN2O3S. The molecule has 29 heavy (non-hydrogen) atoms. The molecule has 1 aromatic heterocycles. The molecule has 3 rings (SSSR count). The number of carbonyl (C=O) groups is 2. The molecule has 0 radical (unpaired) electrons. The van der Waals surface area contributed by atoms with E-state index in [1.165, 1.54) is 30.6 Å². The predicted octanol–water partition coefficient (Wildman–Crippen LogP) is 5.23. The average molecular weight is 435 g/mol. The summed E-state index contributed by atoms with van der Waals surface area (Å²) in [5.74, 6) is -1.17. The molecular weight excluding hydrogens is 415 g/mol. The number of halogens is 2. The fourth-order valence-corrected chi connectivity index (χ4v) is 4.25. The van der Waals surface area contributed by atoms with Crippen LogP contribution in [0.5, 0.6) is 0 Å². The quantitative estimate of drug-likeness (QED) is 0.534. The minimum atomic E-state index is -0.454. The van der Waals surface area contributed by atoms with Gasteiger partial charge in [0.1, 0.15) is 5.82 Å². The van der Waals surface area contributed by atoms with Crippen molar-refractivity contribution < 1.29 is 18.7 Å². The molecule has 0 atom stereocenters. The summed E-state index contributed by atoms with van der Waals surface area (Å²) < 4.78 is 20.2. The third-order valence-corrected chi connectivity index (χ3v) is 5.70. The van der Waals surface area contributed by atoms with Gasteiger partial charge in [0.15, 0.2) is 0 Å². The Morgan fingerprint density at radius 3 is 2.72 bits per heavy atom. The number of thiophene rings is 1. The highest BCUT2D eigenvalue weighted by molar-refractivity contribution is 7.21. The van der Waals surface area contributed by atoms with Crippen LogP contribution < -0.4 is 10.6 Å². The Kier molecular flexibility index (Phi) is 6.84. The van der Waals surface area contributed by atoms with Crippen molar-refractivity contribution in [1.82, 2.24) is 5.32 Å². The molecule has 0 aliphatic carbocycles. The summed E-state index contributed by atoms with van der Waals surface area (Å²) in [6.07, 6.45) is 0.786. The lowest BCUT2D eigenvalue weighted by Crippen LogP contribution is -2.25. The first-order valence-electron chi connectivity index (χ1n) is 9.04. The van der Waals surface area contributed by atoms with Gasteiger partial charge in [-0.15, -0.1) is 11.3 Å². The highest BCUT2D eigenvalue weighted by atomic mass is 35.5. The van der Waals surface area contributed by atoms with Gasteiger partial charge in [-0.3, -0.25) is 9.59 Å². The van der Waals surface area contributed by atoms with E-state index in [1.54, 1.807) is 24.3 Å². The molecule has 2 amide bonds. The molecule has 0 unspecified atom stereocenters. The standard InChI is InChI=1S/C21H20ClFN2O3S/c1-3-9-24-20(26)13-8-7-12(22)10-16(13)25-21(27)19-14(11-28-2)18-15(23)5-4-6-17(18)29-19/h4-8,10H,3,9,11H2,1-2H3,(H,24,26)(H,25,27). The van der Waals surface area contributed by atoms with E-state index in [0.717, 1.165) is 6.42 Å². The van der Waals surface area contributed by atoms with Crippen LogP contribution in [0.4, 0.5) is 10.1 Å². The number of carbonyl (C=O) groups excluding carboxylic acids is 2. The molecule has 1 heterocycles.